The van der Waals surface area contributed by atoms with Gasteiger partial charge < -0.3 is 9.15 Å². The minimum atomic E-state index is -3.14. The Balaban J connectivity index is 1.20. The lowest BCUT2D eigenvalue weighted by molar-refractivity contribution is 0.153. The molecule has 1 aliphatic carbocycles. The van der Waals surface area contributed by atoms with Gasteiger partial charge in [0.2, 0.25) is 21.2 Å². The van der Waals surface area contributed by atoms with Crippen LogP contribution in [0.15, 0.2) is 45.8 Å². The third kappa shape index (κ3) is 4.23. The van der Waals surface area contributed by atoms with E-state index in [9.17, 15) is 13.2 Å². The minimum Gasteiger partial charge on any atom is -0.486 e. The van der Waals surface area contributed by atoms with Crippen molar-refractivity contribution in [2.75, 3.05) is 26.0 Å². The highest BCUT2D eigenvalue weighted by molar-refractivity contribution is 7.88. The largest absolute Gasteiger partial charge is 0.486 e. The molecule has 3 atom stereocenters. The Labute approximate surface area is 189 Å². The van der Waals surface area contributed by atoms with Crippen molar-refractivity contribution in [1.82, 2.24) is 9.21 Å². The number of piperidine rings is 1. The van der Waals surface area contributed by atoms with Crippen LogP contribution in [-0.2, 0) is 16.6 Å². The van der Waals surface area contributed by atoms with Crippen LogP contribution in [0.25, 0.3) is 0 Å². The molecule has 32 heavy (non-hydrogen) atoms. The van der Waals surface area contributed by atoms with Crippen LogP contribution in [0.3, 0.4) is 0 Å². The molecule has 1 saturated carbocycles. The van der Waals surface area contributed by atoms with E-state index in [-0.39, 0.29) is 23.1 Å². The van der Waals surface area contributed by atoms with E-state index in [0.29, 0.717) is 37.4 Å². The maximum absolute atomic E-state index is 12.7. The first kappa shape index (κ1) is 21.7. The van der Waals surface area contributed by atoms with Gasteiger partial charge in [0, 0.05) is 37.7 Å². The lowest BCUT2D eigenvalue weighted by Crippen LogP contribution is -2.39. The molecule has 2 aliphatic heterocycles. The summed E-state index contributed by atoms with van der Waals surface area (Å²) in [5.41, 5.74) is 2.66. The molecule has 1 saturated heterocycles. The van der Waals surface area contributed by atoms with E-state index >= 15 is 0 Å². The summed E-state index contributed by atoms with van der Waals surface area (Å²) >= 11 is 0. The van der Waals surface area contributed by atoms with Crippen molar-refractivity contribution in [2.45, 2.75) is 50.7 Å². The van der Waals surface area contributed by atoms with Crippen molar-refractivity contribution in [2.24, 2.45) is 5.92 Å². The van der Waals surface area contributed by atoms with E-state index in [0.717, 1.165) is 25.8 Å². The first-order valence-corrected chi connectivity index (χ1v) is 13.2. The number of hydrogen-bond donors (Lipinski definition) is 0. The van der Waals surface area contributed by atoms with Gasteiger partial charge in [0.05, 0.1) is 18.9 Å². The molecule has 3 unspecified atom stereocenters. The highest BCUT2D eigenvalue weighted by Crippen LogP contribution is 2.52. The van der Waals surface area contributed by atoms with Crippen LogP contribution in [0.2, 0.25) is 0 Å². The molecule has 0 radical (unpaired) electrons. The van der Waals surface area contributed by atoms with Crippen LogP contribution < -0.4 is 10.2 Å². The topological polar surface area (TPSA) is 80.1 Å². The Morgan fingerprint density at radius 3 is 2.69 bits per heavy atom. The van der Waals surface area contributed by atoms with Crippen molar-refractivity contribution in [3.05, 3.63) is 63.7 Å². The van der Waals surface area contributed by atoms with Gasteiger partial charge in [-0.25, -0.2) is 12.7 Å². The Kier molecular flexibility index (Phi) is 5.63. The van der Waals surface area contributed by atoms with Gasteiger partial charge in [-0.3, -0.25) is 9.69 Å². The predicted octanol–water partition coefficient (Wildman–Crippen LogP) is 3.12. The zero-order chi connectivity index (χ0) is 22.5. The third-order valence-electron chi connectivity index (χ3n) is 7.23. The van der Waals surface area contributed by atoms with Crippen LogP contribution in [0, 0.1) is 5.92 Å². The third-order valence-corrected chi connectivity index (χ3v) is 8.54. The second-order valence-corrected chi connectivity index (χ2v) is 11.4. The van der Waals surface area contributed by atoms with Gasteiger partial charge in [0.25, 0.3) is 0 Å². The maximum atomic E-state index is 12.7. The van der Waals surface area contributed by atoms with Crippen molar-refractivity contribution in [1.29, 1.82) is 0 Å². The molecular formula is C24H30N2O5S. The van der Waals surface area contributed by atoms with E-state index in [1.54, 1.807) is 6.07 Å². The van der Waals surface area contributed by atoms with Gasteiger partial charge in [-0.05, 0) is 43.2 Å². The average Bonchev–Trinajstić information content (AvgIpc) is 3.58. The van der Waals surface area contributed by atoms with Crippen LogP contribution in [0.1, 0.15) is 55.0 Å². The molecule has 2 aromatic rings. The number of ether oxygens (including phenoxy) is 1. The van der Waals surface area contributed by atoms with E-state index in [1.165, 1.54) is 28.0 Å². The van der Waals surface area contributed by atoms with Crippen LogP contribution in [0.4, 0.5) is 0 Å². The number of hydrogen-bond acceptors (Lipinski definition) is 6. The zero-order valence-corrected chi connectivity index (χ0v) is 19.4. The summed E-state index contributed by atoms with van der Waals surface area (Å²) in [7, 11) is -3.14. The highest BCUT2D eigenvalue weighted by atomic mass is 32.2. The molecule has 1 aromatic carbocycles. The second-order valence-electron chi connectivity index (χ2n) is 9.38. The fourth-order valence-electron chi connectivity index (χ4n) is 5.18. The molecule has 8 heteroatoms. The predicted molar refractivity (Wildman–Crippen MR) is 121 cm³/mol. The van der Waals surface area contributed by atoms with Crippen molar-refractivity contribution < 1.29 is 17.6 Å². The highest BCUT2D eigenvalue weighted by Gasteiger charge is 2.48. The Morgan fingerprint density at radius 1 is 1.22 bits per heavy atom. The molecule has 1 aromatic heterocycles. The van der Waals surface area contributed by atoms with E-state index in [4.69, 9.17) is 9.15 Å². The second kappa shape index (κ2) is 8.32. The van der Waals surface area contributed by atoms with E-state index < -0.39 is 10.0 Å². The molecule has 0 spiro atoms. The van der Waals surface area contributed by atoms with Gasteiger partial charge in [-0.1, -0.05) is 24.3 Å². The number of nitrogens with zero attached hydrogens (tertiary/aromatic N) is 2. The Morgan fingerprint density at radius 2 is 1.97 bits per heavy atom. The number of sulfonamides is 1. The number of fused-ring (bicyclic) bond motifs is 3. The lowest BCUT2D eigenvalue weighted by Gasteiger charge is -2.33. The first-order valence-electron chi connectivity index (χ1n) is 11.4. The van der Waals surface area contributed by atoms with Crippen molar-refractivity contribution in [3.8, 4) is 5.75 Å². The van der Waals surface area contributed by atoms with Gasteiger partial charge in [-0.15, -0.1) is 0 Å². The molecule has 5 rings (SSSR count). The summed E-state index contributed by atoms with van der Waals surface area (Å²) in [6.45, 7) is 4.35. The standard InChI is InChI=1S/C24H30N2O5S/c1-16(26-13-18-5-3-4-6-19(18)20-11-21(20)26)23-12-22(27)24(15-31-23)30-14-17-7-9-25(10-8-17)32(2,28)29/h3-6,12,15-17,20-21H,7-11,13-14H2,1-2H3. The van der Waals surface area contributed by atoms with E-state index in [1.807, 2.05) is 0 Å². The van der Waals surface area contributed by atoms with Crippen LogP contribution in [-0.4, -0.2) is 49.6 Å². The summed E-state index contributed by atoms with van der Waals surface area (Å²) in [6.07, 6.45) is 5.29. The van der Waals surface area contributed by atoms with Crippen LogP contribution in [0.5, 0.6) is 5.75 Å². The zero-order valence-electron chi connectivity index (χ0n) is 18.6. The summed E-state index contributed by atoms with van der Waals surface area (Å²) in [6, 6.07) is 10.7. The fourth-order valence-corrected chi connectivity index (χ4v) is 6.05. The average molecular weight is 459 g/mol. The SMILES string of the molecule is CC(c1cc(=O)c(OCC2CCN(S(C)(=O)=O)CC2)co1)N1Cc2ccccc2C2CC21. The fraction of sp³-hybridized carbons (Fsp3) is 0.542. The van der Waals surface area contributed by atoms with Gasteiger partial charge in [0.1, 0.15) is 12.0 Å². The lowest BCUT2D eigenvalue weighted by atomic mass is 9.98. The number of rotatable bonds is 6. The summed E-state index contributed by atoms with van der Waals surface area (Å²) in [5, 5.41) is 0. The smallest absolute Gasteiger partial charge is 0.227 e. The van der Waals surface area contributed by atoms with Gasteiger partial charge in [0.15, 0.2) is 0 Å². The van der Waals surface area contributed by atoms with Gasteiger partial charge in [-0.2, -0.15) is 0 Å². The molecule has 2 fully saturated rings. The maximum Gasteiger partial charge on any atom is 0.227 e. The van der Waals surface area contributed by atoms with Gasteiger partial charge >= 0.3 is 0 Å². The number of benzene rings is 1. The molecular weight excluding hydrogens is 428 g/mol. The van der Waals surface area contributed by atoms with Crippen molar-refractivity contribution >= 4 is 10.0 Å². The van der Waals surface area contributed by atoms with Crippen molar-refractivity contribution in [3.63, 3.8) is 0 Å². The summed E-state index contributed by atoms with van der Waals surface area (Å²) in [4.78, 5) is 15.1. The molecule has 0 bridgehead atoms. The molecule has 7 nitrogen and oxygen atoms in total. The van der Waals surface area contributed by atoms with E-state index in [2.05, 4.69) is 36.1 Å². The molecule has 172 valence electrons. The normalized spacial score (nSPS) is 25.1. The summed E-state index contributed by atoms with van der Waals surface area (Å²) < 4.78 is 36.4. The monoisotopic (exact) mass is 458 g/mol. The quantitative estimate of drug-likeness (QED) is 0.662. The Hall–Kier alpha value is -2.16. The Bertz CT molecular complexity index is 1150. The molecule has 3 aliphatic rings. The molecule has 0 N–H and O–H groups in total. The minimum absolute atomic E-state index is 0.0143. The summed E-state index contributed by atoms with van der Waals surface area (Å²) in [5.74, 6) is 1.70. The molecule has 3 heterocycles. The van der Waals surface area contributed by atoms with Crippen LogP contribution >= 0.6 is 0 Å². The first-order chi connectivity index (χ1) is 15.3. The molecule has 0 amide bonds.